The van der Waals surface area contributed by atoms with Gasteiger partial charge in [0.2, 0.25) is 5.91 Å². The zero-order valence-corrected chi connectivity index (χ0v) is 15.6. The first-order chi connectivity index (χ1) is 11.9. The molecule has 3 rings (SSSR count). The maximum absolute atomic E-state index is 12.6. The molecule has 0 bridgehead atoms. The van der Waals surface area contributed by atoms with Crippen molar-refractivity contribution in [3.05, 3.63) is 35.4 Å². The Balaban J connectivity index is 0.00000243. The summed E-state index contributed by atoms with van der Waals surface area (Å²) in [6, 6.07) is 7.84. The Kier molecular flexibility index (Phi) is 6.93. The molecule has 2 heterocycles. The fraction of sp³-hybridized carbons (Fsp3) is 0.611. The lowest BCUT2D eigenvalue weighted by molar-refractivity contribution is -0.159. The second-order valence-electron chi connectivity index (χ2n) is 6.73. The zero-order valence-electron chi connectivity index (χ0n) is 14.8. The molecule has 1 N–H and O–H groups in total. The fourth-order valence-electron chi connectivity index (χ4n) is 3.78. The standard InChI is InChI=1S/C18H24F3N3O.ClH/c1-2-13-3-5-14(6-4-13)16-11-22-8-10-24(16)15-7-9-23(17(15)25)12-18(19,20)21;/h3-6,15-16,22H,2,7-12H2,1H3;1H. The van der Waals surface area contributed by atoms with Crippen LogP contribution in [0.5, 0.6) is 0 Å². The summed E-state index contributed by atoms with van der Waals surface area (Å²) in [5, 5.41) is 3.33. The summed E-state index contributed by atoms with van der Waals surface area (Å²) in [6.45, 7) is 3.23. The largest absolute Gasteiger partial charge is 0.406 e. The summed E-state index contributed by atoms with van der Waals surface area (Å²) in [6.07, 6.45) is -2.93. The summed E-state index contributed by atoms with van der Waals surface area (Å²) in [5.41, 5.74) is 2.35. The van der Waals surface area contributed by atoms with Crippen molar-refractivity contribution in [2.75, 3.05) is 32.7 Å². The Labute approximate surface area is 158 Å². The number of carbonyl (C=O) groups is 1. The first-order valence-electron chi connectivity index (χ1n) is 8.80. The van der Waals surface area contributed by atoms with Crippen molar-refractivity contribution in [2.24, 2.45) is 0 Å². The lowest BCUT2D eigenvalue weighted by Crippen LogP contribution is -2.53. The van der Waals surface area contributed by atoms with Gasteiger partial charge in [-0.15, -0.1) is 12.4 Å². The number of amides is 1. The number of hydrogen-bond acceptors (Lipinski definition) is 3. The number of aryl methyl sites for hydroxylation is 1. The van der Waals surface area contributed by atoms with Crippen molar-refractivity contribution in [3.63, 3.8) is 0 Å². The molecule has 146 valence electrons. The van der Waals surface area contributed by atoms with Crippen molar-refractivity contribution in [2.45, 2.75) is 38.0 Å². The zero-order chi connectivity index (χ0) is 18.0. The second-order valence-corrected chi connectivity index (χ2v) is 6.73. The minimum atomic E-state index is -4.34. The van der Waals surface area contributed by atoms with Crippen LogP contribution in [0.25, 0.3) is 0 Å². The monoisotopic (exact) mass is 391 g/mol. The van der Waals surface area contributed by atoms with Crippen LogP contribution in [-0.4, -0.2) is 60.6 Å². The van der Waals surface area contributed by atoms with Gasteiger partial charge in [0.05, 0.1) is 6.04 Å². The molecule has 2 aliphatic rings. The predicted molar refractivity (Wildman–Crippen MR) is 96.4 cm³/mol. The molecule has 4 nitrogen and oxygen atoms in total. The van der Waals surface area contributed by atoms with Gasteiger partial charge in [0.1, 0.15) is 6.54 Å². The molecule has 1 amide bonds. The highest BCUT2D eigenvalue weighted by atomic mass is 35.5. The molecule has 8 heteroatoms. The van der Waals surface area contributed by atoms with Crippen molar-refractivity contribution in [3.8, 4) is 0 Å². The average Bonchev–Trinajstić information content (AvgIpc) is 2.94. The number of piperazine rings is 1. The minimum Gasteiger partial charge on any atom is -0.332 e. The van der Waals surface area contributed by atoms with E-state index >= 15 is 0 Å². The van der Waals surface area contributed by atoms with E-state index in [1.54, 1.807) is 0 Å². The third-order valence-corrected chi connectivity index (χ3v) is 5.10. The normalized spacial score (nSPS) is 24.6. The molecule has 0 saturated carbocycles. The molecule has 1 aromatic rings. The fourth-order valence-corrected chi connectivity index (χ4v) is 3.78. The van der Waals surface area contributed by atoms with Crippen LogP contribution in [0, 0.1) is 0 Å². The number of hydrogen-bond donors (Lipinski definition) is 1. The summed E-state index contributed by atoms with van der Waals surface area (Å²) in [5.74, 6) is -0.394. The van der Waals surface area contributed by atoms with E-state index in [-0.39, 0.29) is 25.0 Å². The number of nitrogens with zero attached hydrogens (tertiary/aromatic N) is 2. The molecule has 1 aromatic carbocycles. The molecule has 2 unspecified atom stereocenters. The van der Waals surface area contributed by atoms with Gasteiger partial charge >= 0.3 is 6.18 Å². The minimum absolute atomic E-state index is 0. The number of halogens is 4. The molecule has 26 heavy (non-hydrogen) atoms. The Morgan fingerprint density at radius 1 is 1.15 bits per heavy atom. The Hall–Kier alpha value is -1.31. The van der Waals surface area contributed by atoms with Crippen LogP contribution < -0.4 is 5.32 Å². The number of likely N-dealkylation sites (tertiary alicyclic amines) is 1. The van der Waals surface area contributed by atoms with Crippen LogP contribution in [0.2, 0.25) is 0 Å². The van der Waals surface area contributed by atoms with Gasteiger partial charge in [0, 0.05) is 32.2 Å². The van der Waals surface area contributed by atoms with Gasteiger partial charge in [-0.3, -0.25) is 9.69 Å². The number of nitrogens with one attached hydrogen (secondary N) is 1. The smallest absolute Gasteiger partial charge is 0.332 e. The van der Waals surface area contributed by atoms with E-state index < -0.39 is 24.7 Å². The topological polar surface area (TPSA) is 35.6 Å². The highest BCUT2D eigenvalue weighted by Crippen LogP contribution is 2.30. The SMILES string of the molecule is CCc1ccc(C2CNCCN2C2CCN(CC(F)(F)F)C2=O)cc1.Cl. The third kappa shape index (κ3) is 4.69. The van der Waals surface area contributed by atoms with Crippen molar-refractivity contribution in [1.29, 1.82) is 0 Å². The lowest BCUT2D eigenvalue weighted by Gasteiger charge is -2.39. The summed E-state index contributed by atoms with van der Waals surface area (Å²) >= 11 is 0. The van der Waals surface area contributed by atoms with E-state index in [4.69, 9.17) is 0 Å². The summed E-state index contributed by atoms with van der Waals surface area (Å²) < 4.78 is 37.9. The number of carbonyl (C=O) groups excluding carboxylic acids is 1. The van der Waals surface area contributed by atoms with Gasteiger partial charge in [-0.1, -0.05) is 31.2 Å². The second kappa shape index (κ2) is 8.59. The van der Waals surface area contributed by atoms with Crippen LogP contribution in [0.1, 0.15) is 30.5 Å². The Morgan fingerprint density at radius 3 is 2.46 bits per heavy atom. The van der Waals surface area contributed by atoms with Gasteiger partial charge < -0.3 is 10.2 Å². The summed E-state index contributed by atoms with van der Waals surface area (Å²) in [4.78, 5) is 15.6. The van der Waals surface area contributed by atoms with E-state index in [2.05, 4.69) is 41.4 Å². The first-order valence-corrected chi connectivity index (χ1v) is 8.80. The predicted octanol–water partition coefficient (Wildman–Crippen LogP) is 2.78. The van der Waals surface area contributed by atoms with Gasteiger partial charge in [0.15, 0.2) is 0 Å². The van der Waals surface area contributed by atoms with E-state index in [9.17, 15) is 18.0 Å². The quantitative estimate of drug-likeness (QED) is 0.857. The number of benzene rings is 1. The highest BCUT2D eigenvalue weighted by molar-refractivity contribution is 5.85. The summed E-state index contributed by atoms with van der Waals surface area (Å²) in [7, 11) is 0. The first kappa shape index (κ1) is 21.0. The van der Waals surface area contributed by atoms with Crippen LogP contribution in [0.4, 0.5) is 13.2 Å². The lowest BCUT2D eigenvalue weighted by atomic mass is 9.98. The molecule has 2 fully saturated rings. The molecule has 2 saturated heterocycles. The average molecular weight is 392 g/mol. The van der Waals surface area contributed by atoms with E-state index in [0.29, 0.717) is 19.5 Å². The van der Waals surface area contributed by atoms with E-state index in [1.807, 2.05) is 0 Å². The maximum atomic E-state index is 12.6. The van der Waals surface area contributed by atoms with E-state index in [1.165, 1.54) is 5.56 Å². The molecule has 2 atom stereocenters. The highest BCUT2D eigenvalue weighted by Gasteiger charge is 2.43. The van der Waals surface area contributed by atoms with Crippen LogP contribution in [0.3, 0.4) is 0 Å². The molecular weight excluding hydrogens is 367 g/mol. The van der Waals surface area contributed by atoms with Crippen molar-refractivity contribution >= 4 is 18.3 Å². The molecule has 2 aliphatic heterocycles. The maximum Gasteiger partial charge on any atom is 0.406 e. The molecule has 0 spiro atoms. The molecule has 0 aromatic heterocycles. The molecular formula is C18H25ClF3N3O. The number of rotatable bonds is 4. The van der Waals surface area contributed by atoms with Crippen LogP contribution in [-0.2, 0) is 11.2 Å². The van der Waals surface area contributed by atoms with E-state index in [0.717, 1.165) is 23.4 Å². The molecule has 0 radical (unpaired) electrons. The van der Waals surface area contributed by atoms with Gasteiger partial charge in [0.25, 0.3) is 0 Å². The van der Waals surface area contributed by atoms with Gasteiger partial charge in [-0.2, -0.15) is 13.2 Å². The third-order valence-electron chi connectivity index (χ3n) is 5.10. The van der Waals surface area contributed by atoms with Crippen molar-refractivity contribution in [1.82, 2.24) is 15.1 Å². The van der Waals surface area contributed by atoms with Crippen LogP contribution in [0.15, 0.2) is 24.3 Å². The molecule has 0 aliphatic carbocycles. The van der Waals surface area contributed by atoms with Gasteiger partial charge in [-0.25, -0.2) is 0 Å². The van der Waals surface area contributed by atoms with Crippen LogP contribution >= 0.6 is 12.4 Å². The Morgan fingerprint density at radius 2 is 1.85 bits per heavy atom. The number of alkyl halides is 3. The van der Waals surface area contributed by atoms with Gasteiger partial charge in [-0.05, 0) is 24.0 Å². The Bertz CT molecular complexity index is 609. The van der Waals surface area contributed by atoms with Crippen molar-refractivity contribution < 1.29 is 18.0 Å².